The van der Waals surface area contributed by atoms with Crippen LogP contribution < -0.4 is 0 Å². The zero-order chi connectivity index (χ0) is 6.72. The van der Waals surface area contributed by atoms with E-state index in [2.05, 4.69) is 0 Å². The second-order valence-electron chi connectivity index (χ2n) is 2.93. The fraction of sp³-hybridized carbons (Fsp3) is 1.00. The van der Waals surface area contributed by atoms with Gasteiger partial charge in [0.15, 0.2) is 6.29 Å². The molecule has 5 atom stereocenters. The minimum atomic E-state index is -0.469. The van der Waals surface area contributed by atoms with Gasteiger partial charge in [-0.05, 0) is 0 Å². The van der Waals surface area contributed by atoms with Crippen LogP contribution >= 0.6 is 0 Å². The Labute approximate surface area is 57.7 Å². The molecular formula is C6H8O4. The molecule has 2 bridgehead atoms. The second kappa shape index (κ2) is 1.53. The molecule has 0 radical (unpaired) electrons. The lowest BCUT2D eigenvalue weighted by Gasteiger charge is -2.18. The third-order valence-corrected chi connectivity index (χ3v) is 2.28. The van der Waals surface area contributed by atoms with E-state index in [9.17, 15) is 5.11 Å². The zero-order valence-electron chi connectivity index (χ0n) is 5.27. The van der Waals surface area contributed by atoms with Crippen LogP contribution in [0.15, 0.2) is 0 Å². The molecule has 3 aliphatic rings. The average molecular weight is 144 g/mol. The molecule has 1 N–H and O–H groups in total. The Morgan fingerprint density at radius 2 is 2.10 bits per heavy atom. The predicted octanol–water partition coefficient (Wildman–Crippen LogP) is -1.13. The molecule has 0 aliphatic carbocycles. The highest BCUT2D eigenvalue weighted by atomic mass is 16.8. The number of aliphatic hydroxyl groups is 1. The van der Waals surface area contributed by atoms with Crippen LogP contribution in [-0.2, 0) is 14.2 Å². The average Bonchev–Trinajstić information content (AvgIpc) is 2.61. The van der Waals surface area contributed by atoms with E-state index in [1.807, 2.05) is 0 Å². The molecule has 4 heteroatoms. The van der Waals surface area contributed by atoms with Crippen molar-refractivity contribution in [2.75, 3.05) is 6.61 Å². The minimum Gasteiger partial charge on any atom is -0.387 e. The number of aliphatic hydroxyl groups excluding tert-OH is 1. The summed E-state index contributed by atoms with van der Waals surface area (Å²) >= 11 is 0. The van der Waals surface area contributed by atoms with E-state index in [-0.39, 0.29) is 24.6 Å². The molecule has 0 saturated carbocycles. The van der Waals surface area contributed by atoms with Crippen molar-refractivity contribution < 1.29 is 19.3 Å². The second-order valence-corrected chi connectivity index (χ2v) is 2.93. The van der Waals surface area contributed by atoms with Crippen molar-refractivity contribution in [2.24, 2.45) is 0 Å². The van der Waals surface area contributed by atoms with E-state index in [1.54, 1.807) is 0 Å². The molecular weight excluding hydrogens is 136 g/mol. The van der Waals surface area contributed by atoms with Crippen LogP contribution in [0.4, 0.5) is 0 Å². The number of hydrogen-bond donors (Lipinski definition) is 1. The first-order valence-electron chi connectivity index (χ1n) is 3.47. The van der Waals surface area contributed by atoms with Crippen LogP contribution in [0, 0.1) is 0 Å². The van der Waals surface area contributed by atoms with Gasteiger partial charge in [0.05, 0.1) is 6.61 Å². The highest BCUT2D eigenvalue weighted by Gasteiger charge is 2.61. The Morgan fingerprint density at radius 1 is 1.20 bits per heavy atom. The van der Waals surface area contributed by atoms with Crippen LogP contribution in [0.1, 0.15) is 0 Å². The van der Waals surface area contributed by atoms with Crippen molar-refractivity contribution in [1.82, 2.24) is 0 Å². The van der Waals surface area contributed by atoms with Crippen LogP contribution in [0.5, 0.6) is 0 Å². The van der Waals surface area contributed by atoms with E-state index in [0.717, 1.165) is 0 Å². The lowest BCUT2D eigenvalue weighted by atomic mass is 10.1. The quantitative estimate of drug-likeness (QED) is 0.437. The molecule has 0 spiro atoms. The molecule has 3 rings (SSSR count). The molecule has 0 aromatic heterocycles. The molecule has 56 valence electrons. The third-order valence-electron chi connectivity index (χ3n) is 2.28. The molecule has 10 heavy (non-hydrogen) atoms. The van der Waals surface area contributed by atoms with Gasteiger partial charge in [0, 0.05) is 0 Å². The van der Waals surface area contributed by atoms with E-state index in [4.69, 9.17) is 14.2 Å². The number of rotatable bonds is 0. The van der Waals surface area contributed by atoms with Crippen LogP contribution in [-0.4, -0.2) is 42.4 Å². The van der Waals surface area contributed by atoms with Gasteiger partial charge in [-0.3, -0.25) is 0 Å². The Kier molecular flexibility index (Phi) is 0.840. The van der Waals surface area contributed by atoms with Gasteiger partial charge in [-0.1, -0.05) is 0 Å². The van der Waals surface area contributed by atoms with Crippen LogP contribution in [0.3, 0.4) is 0 Å². The van der Waals surface area contributed by atoms with E-state index < -0.39 is 6.10 Å². The van der Waals surface area contributed by atoms with Crippen LogP contribution in [0.2, 0.25) is 0 Å². The fourth-order valence-corrected chi connectivity index (χ4v) is 1.63. The summed E-state index contributed by atoms with van der Waals surface area (Å²) in [4.78, 5) is 0. The first kappa shape index (κ1) is 5.49. The summed E-state index contributed by atoms with van der Waals surface area (Å²) in [6, 6.07) is 0. The van der Waals surface area contributed by atoms with Gasteiger partial charge < -0.3 is 19.3 Å². The predicted molar refractivity (Wildman–Crippen MR) is 29.3 cm³/mol. The van der Waals surface area contributed by atoms with Gasteiger partial charge in [-0.15, -0.1) is 0 Å². The fourth-order valence-electron chi connectivity index (χ4n) is 1.63. The van der Waals surface area contributed by atoms with Gasteiger partial charge in [0.2, 0.25) is 0 Å². The topological polar surface area (TPSA) is 51.2 Å². The molecule has 0 aromatic carbocycles. The van der Waals surface area contributed by atoms with Crippen LogP contribution in [0.25, 0.3) is 0 Å². The highest BCUT2D eigenvalue weighted by Crippen LogP contribution is 2.41. The summed E-state index contributed by atoms with van der Waals surface area (Å²) in [5.41, 5.74) is 0. The van der Waals surface area contributed by atoms with Gasteiger partial charge in [-0.25, -0.2) is 0 Å². The summed E-state index contributed by atoms with van der Waals surface area (Å²) in [6.07, 6.45) is -0.809. The Hall–Kier alpha value is -0.160. The molecule has 3 aliphatic heterocycles. The monoisotopic (exact) mass is 144 g/mol. The van der Waals surface area contributed by atoms with Gasteiger partial charge in [0.1, 0.15) is 24.4 Å². The summed E-state index contributed by atoms with van der Waals surface area (Å²) in [5, 5.41) is 9.38. The summed E-state index contributed by atoms with van der Waals surface area (Å²) < 4.78 is 15.6. The van der Waals surface area contributed by atoms with Crippen molar-refractivity contribution >= 4 is 0 Å². The lowest BCUT2D eigenvalue weighted by molar-refractivity contribution is -0.103. The highest BCUT2D eigenvalue weighted by molar-refractivity contribution is 5.03. The lowest BCUT2D eigenvalue weighted by Crippen LogP contribution is -2.39. The van der Waals surface area contributed by atoms with E-state index in [0.29, 0.717) is 6.61 Å². The standard InChI is InChI=1S/C6H8O4/c7-3-2-1-8-6(9-2)5-4(3)10-5/h2-7H,1H2/t2-,3-,4-,5-,6-/m1/s1. The van der Waals surface area contributed by atoms with Crippen molar-refractivity contribution in [3.8, 4) is 0 Å². The van der Waals surface area contributed by atoms with Crippen molar-refractivity contribution in [2.45, 2.75) is 30.7 Å². The number of epoxide rings is 1. The molecule has 0 amide bonds. The summed E-state index contributed by atoms with van der Waals surface area (Å²) in [7, 11) is 0. The summed E-state index contributed by atoms with van der Waals surface area (Å²) in [6.45, 7) is 0.516. The largest absolute Gasteiger partial charge is 0.387 e. The Balaban J connectivity index is 1.91. The first-order valence-corrected chi connectivity index (χ1v) is 3.47. The Bertz CT molecular complexity index is 169. The van der Waals surface area contributed by atoms with E-state index >= 15 is 0 Å². The van der Waals surface area contributed by atoms with Crippen molar-refractivity contribution in [3.63, 3.8) is 0 Å². The maximum atomic E-state index is 9.38. The van der Waals surface area contributed by atoms with Gasteiger partial charge >= 0.3 is 0 Å². The molecule has 3 heterocycles. The Morgan fingerprint density at radius 3 is 3.00 bits per heavy atom. The SMILES string of the molecule is O[C@H]1[C@H]2O[C@H]2[C@@H]2OC[C@H]1O2. The smallest absolute Gasteiger partial charge is 0.187 e. The number of ether oxygens (including phenoxy) is 3. The number of fused-ring (bicyclic) bond motifs is 4. The maximum absolute atomic E-state index is 9.38. The normalized spacial score (nSPS) is 63.9. The van der Waals surface area contributed by atoms with Crippen molar-refractivity contribution in [3.05, 3.63) is 0 Å². The minimum absolute atomic E-state index is 0.00810. The van der Waals surface area contributed by atoms with Crippen molar-refractivity contribution in [1.29, 1.82) is 0 Å². The molecule has 0 unspecified atom stereocenters. The molecule has 0 aromatic rings. The van der Waals surface area contributed by atoms with Gasteiger partial charge in [0.25, 0.3) is 0 Å². The first-order chi connectivity index (χ1) is 4.86. The number of hydrogen-bond acceptors (Lipinski definition) is 4. The third kappa shape index (κ3) is 0.509. The molecule has 4 nitrogen and oxygen atoms in total. The summed E-state index contributed by atoms with van der Waals surface area (Å²) in [5.74, 6) is 0. The zero-order valence-corrected chi connectivity index (χ0v) is 5.27. The van der Waals surface area contributed by atoms with Gasteiger partial charge in [-0.2, -0.15) is 0 Å². The molecule has 3 saturated heterocycles. The molecule has 3 fully saturated rings. The maximum Gasteiger partial charge on any atom is 0.187 e. The van der Waals surface area contributed by atoms with E-state index in [1.165, 1.54) is 0 Å².